The highest BCUT2D eigenvalue weighted by Gasteiger charge is 2.28. The van der Waals surface area contributed by atoms with Crippen LogP contribution < -0.4 is 0 Å². The fraction of sp³-hybridized carbons (Fsp3) is 0.389. The summed E-state index contributed by atoms with van der Waals surface area (Å²) in [6.07, 6.45) is 5.29. The molecule has 3 rings (SSSR count). The first-order valence-corrected chi connectivity index (χ1v) is 8.08. The normalized spacial score (nSPS) is 19.0. The van der Waals surface area contributed by atoms with E-state index < -0.39 is 0 Å². The van der Waals surface area contributed by atoms with Gasteiger partial charge in [-0.25, -0.2) is 4.98 Å². The molecule has 0 N–H and O–H groups in total. The summed E-state index contributed by atoms with van der Waals surface area (Å²) in [5.74, 6) is 0. The first-order chi connectivity index (χ1) is 10.3. The van der Waals surface area contributed by atoms with Crippen LogP contribution in [0.1, 0.15) is 42.5 Å². The van der Waals surface area contributed by atoms with E-state index in [2.05, 4.69) is 53.2 Å². The van der Waals surface area contributed by atoms with Gasteiger partial charge in [-0.3, -0.25) is 4.90 Å². The van der Waals surface area contributed by atoms with Crippen molar-refractivity contribution in [1.29, 1.82) is 0 Å². The average molecular weight is 301 g/mol. The number of pyridine rings is 1. The van der Waals surface area contributed by atoms with Gasteiger partial charge in [-0.1, -0.05) is 48.9 Å². The molecule has 0 saturated carbocycles. The lowest BCUT2D eigenvalue weighted by molar-refractivity contribution is 0.248. The fourth-order valence-electron chi connectivity index (χ4n) is 3.12. The molecule has 110 valence electrons. The van der Waals surface area contributed by atoms with Crippen molar-refractivity contribution in [3.8, 4) is 0 Å². The molecule has 2 nitrogen and oxygen atoms in total. The number of hydrogen-bond acceptors (Lipinski definition) is 2. The zero-order chi connectivity index (χ0) is 14.7. The maximum absolute atomic E-state index is 6.36. The predicted molar refractivity (Wildman–Crippen MR) is 87.5 cm³/mol. The van der Waals surface area contributed by atoms with Crippen molar-refractivity contribution in [2.45, 2.75) is 38.8 Å². The van der Waals surface area contributed by atoms with E-state index >= 15 is 0 Å². The Morgan fingerprint density at radius 1 is 1.24 bits per heavy atom. The smallest absolute Gasteiger partial charge is 0.133 e. The summed E-state index contributed by atoms with van der Waals surface area (Å²) in [5, 5.41) is 0.664. The zero-order valence-electron chi connectivity index (χ0n) is 12.4. The van der Waals surface area contributed by atoms with Gasteiger partial charge < -0.3 is 0 Å². The van der Waals surface area contributed by atoms with Gasteiger partial charge in [-0.15, -0.1) is 0 Å². The van der Waals surface area contributed by atoms with Gasteiger partial charge in [0.2, 0.25) is 0 Å². The Bertz CT molecular complexity index is 597. The van der Waals surface area contributed by atoms with Crippen LogP contribution in [0.4, 0.5) is 0 Å². The highest BCUT2D eigenvalue weighted by molar-refractivity contribution is 6.30. The van der Waals surface area contributed by atoms with Gasteiger partial charge in [-0.2, -0.15) is 0 Å². The second kappa shape index (κ2) is 6.59. The van der Waals surface area contributed by atoms with E-state index in [1.165, 1.54) is 29.5 Å². The first-order valence-electron chi connectivity index (χ1n) is 7.70. The average Bonchev–Trinajstić information content (AvgIpc) is 2.97. The Morgan fingerprint density at radius 3 is 2.81 bits per heavy atom. The minimum absolute atomic E-state index is 0.400. The lowest BCUT2D eigenvalue weighted by Crippen LogP contribution is -2.23. The molecule has 21 heavy (non-hydrogen) atoms. The molecule has 1 fully saturated rings. The van der Waals surface area contributed by atoms with Crippen LogP contribution in [0, 0.1) is 0 Å². The zero-order valence-corrected chi connectivity index (χ0v) is 13.2. The molecule has 1 aliphatic rings. The summed E-state index contributed by atoms with van der Waals surface area (Å²) in [4.78, 5) is 6.90. The van der Waals surface area contributed by atoms with Gasteiger partial charge in [0.05, 0.1) is 0 Å². The van der Waals surface area contributed by atoms with Crippen molar-refractivity contribution < 1.29 is 0 Å². The predicted octanol–water partition coefficient (Wildman–Crippen LogP) is 4.63. The van der Waals surface area contributed by atoms with Crippen molar-refractivity contribution in [2.24, 2.45) is 0 Å². The summed E-state index contributed by atoms with van der Waals surface area (Å²) >= 11 is 6.36. The molecule has 1 aromatic heterocycles. The number of hydrogen-bond donors (Lipinski definition) is 0. The third kappa shape index (κ3) is 3.28. The molecule has 0 amide bonds. The SMILES string of the molecule is CCc1cnc(Cl)c([C@@H]2CCCN2Cc2ccccc2)c1. The molecule has 1 aromatic carbocycles. The van der Waals surface area contributed by atoms with E-state index in [9.17, 15) is 0 Å². The van der Waals surface area contributed by atoms with Gasteiger partial charge in [0.15, 0.2) is 0 Å². The van der Waals surface area contributed by atoms with Crippen molar-refractivity contribution >= 4 is 11.6 Å². The molecule has 1 saturated heterocycles. The van der Waals surface area contributed by atoms with Gasteiger partial charge >= 0.3 is 0 Å². The van der Waals surface area contributed by atoms with Crippen molar-refractivity contribution in [2.75, 3.05) is 6.54 Å². The minimum atomic E-state index is 0.400. The van der Waals surface area contributed by atoms with Gasteiger partial charge in [-0.05, 0) is 43.0 Å². The molecule has 3 heteroatoms. The van der Waals surface area contributed by atoms with Gasteiger partial charge in [0, 0.05) is 24.3 Å². The Labute approximate surface area is 131 Å². The third-order valence-corrected chi connectivity index (χ3v) is 4.60. The number of halogens is 1. The highest BCUT2D eigenvalue weighted by atomic mass is 35.5. The van der Waals surface area contributed by atoms with E-state index in [0.717, 1.165) is 19.5 Å². The van der Waals surface area contributed by atoms with Crippen molar-refractivity contribution in [1.82, 2.24) is 9.88 Å². The highest BCUT2D eigenvalue weighted by Crippen LogP contribution is 2.36. The number of aromatic nitrogens is 1. The van der Waals surface area contributed by atoms with E-state index in [1.807, 2.05) is 6.20 Å². The van der Waals surface area contributed by atoms with Crippen LogP contribution in [0.25, 0.3) is 0 Å². The Kier molecular flexibility index (Phi) is 4.57. The molecule has 2 heterocycles. The van der Waals surface area contributed by atoms with Crippen LogP contribution in [0.15, 0.2) is 42.6 Å². The van der Waals surface area contributed by atoms with E-state index in [1.54, 1.807) is 0 Å². The van der Waals surface area contributed by atoms with E-state index in [-0.39, 0.29) is 0 Å². The maximum atomic E-state index is 6.36. The second-order valence-electron chi connectivity index (χ2n) is 5.69. The summed E-state index contributed by atoms with van der Waals surface area (Å²) < 4.78 is 0. The number of aryl methyl sites for hydroxylation is 1. The molecule has 1 atom stereocenters. The van der Waals surface area contributed by atoms with E-state index in [0.29, 0.717) is 11.2 Å². The van der Waals surface area contributed by atoms with E-state index in [4.69, 9.17) is 11.6 Å². The monoisotopic (exact) mass is 300 g/mol. The minimum Gasteiger partial charge on any atom is -0.292 e. The topological polar surface area (TPSA) is 16.1 Å². The first kappa shape index (κ1) is 14.6. The van der Waals surface area contributed by atoms with Crippen LogP contribution in [-0.2, 0) is 13.0 Å². The molecular weight excluding hydrogens is 280 g/mol. The second-order valence-corrected chi connectivity index (χ2v) is 6.05. The van der Waals surface area contributed by atoms with Crippen LogP contribution in [0.5, 0.6) is 0 Å². The molecule has 0 radical (unpaired) electrons. The standard InChI is InChI=1S/C18H21ClN2/c1-2-14-11-16(18(19)20-12-14)17-9-6-10-21(17)13-15-7-4-3-5-8-15/h3-5,7-8,11-12,17H,2,6,9-10,13H2,1H3/t17-/m0/s1. The largest absolute Gasteiger partial charge is 0.292 e. The molecule has 0 aliphatic carbocycles. The molecule has 0 spiro atoms. The molecule has 0 bridgehead atoms. The fourth-order valence-corrected chi connectivity index (χ4v) is 3.35. The summed E-state index contributed by atoms with van der Waals surface area (Å²) in [6, 6.07) is 13.3. The third-order valence-electron chi connectivity index (χ3n) is 4.28. The van der Waals surface area contributed by atoms with Crippen LogP contribution in [0.2, 0.25) is 5.15 Å². The molecule has 1 aliphatic heterocycles. The number of benzene rings is 1. The Balaban J connectivity index is 1.84. The van der Waals surface area contributed by atoms with Crippen LogP contribution in [0.3, 0.4) is 0 Å². The lowest BCUT2D eigenvalue weighted by atomic mass is 10.0. The van der Waals surface area contributed by atoms with Crippen LogP contribution in [-0.4, -0.2) is 16.4 Å². The van der Waals surface area contributed by atoms with Crippen LogP contribution >= 0.6 is 11.6 Å². The summed E-state index contributed by atoms with van der Waals surface area (Å²) in [6.45, 7) is 4.27. The van der Waals surface area contributed by atoms with Gasteiger partial charge in [0.25, 0.3) is 0 Å². The number of nitrogens with zero attached hydrogens (tertiary/aromatic N) is 2. The molecule has 2 aromatic rings. The lowest BCUT2D eigenvalue weighted by Gasteiger charge is -2.25. The summed E-state index contributed by atoms with van der Waals surface area (Å²) in [5.41, 5.74) is 3.82. The van der Waals surface area contributed by atoms with Gasteiger partial charge in [0.1, 0.15) is 5.15 Å². The number of likely N-dealkylation sites (tertiary alicyclic amines) is 1. The Hall–Kier alpha value is -1.38. The van der Waals surface area contributed by atoms with Crippen molar-refractivity contribution in [3.05, 3.63) is 64.4 Å². The number of rotatable bonds is 4. The summed E-state index contributed by atoms with van der Waals surface area (Å²) in [7, 11) is 0. The van der Waals surface area contributed by atoms with Crippen molar-refractivity contribution in [3.63, 3.8) is 0 Å². The maximum Gasteiger partial charge on any atom is 0.133 e. The quantitative estimate of drug-likeness (QED) is 0.765. The molecule has 0 unspecified atom stereocenters. The molecular formula is C18H21ClN2. The Morgan fingerprint density at radius 2 is 2.05 bits per heavy atom.